The predicted molar refractivity (Wildman–Crippen MR) is 80.2 cm³/mol. The van der Waals surface area contributed by atoms with Gasteiger partial charge in [-0.3, -0.25) is 4.79 Å². The molecule has 102 valence electrons. The van der Waals surface area contributed by atoms with Crippen molar-refractivity contribution in [2.45, 2.75) is 40.5 Å². The molecule has 1 heteroatoms. The van der Waals surface area contributed by atoms with Gasteiger partial charge in [-0.2, -0.15) is 0 Å². The van der Waals surface area contributed by atoms with Crippen LogP contribution in [0.1, 0.15) is 50.9 Å². The highest BCUT2D eigenvalue weighted by atomic mass is 16.1. The fourth-order valence-corrected chi connectivity index (χ4v) is 3.60. The summed E-state index contributed by atoms with van der Waals surface area (Å²) in [5, 5.41) is 0. The first-order valence-corrected chi connectivity index (χ1v) is 7.01. The highest BCUT2D eigenvalue weighted by Crippen LogP contribution is 2.56. The first-order chi connectivity index (χ1) is 8.76. The second kappa shape index (κ2) is 4.63. The van der Waals surface area contributed by atoms with Gasteiger partial charge in [-0.15, -0.1) is 0 Å². The Morgan fingerprint density at radius 2 is 1.79 bits per heavy atom. The molecule has 0 spiro atoms. The molecular formula is C18H24O. The molecule has 0 unspecified atom stereocenters. The molecule has 0 aliphatic heterocycles. The van der Waals surface area contributed by atoms with E-state index < -0.39 is 0 Å². The summed E-state index contributed by atoms with van der Waals surface area (Å²) < 4.78 is 0. The Labute approximate surface area is 116 Å². The van der Waals surface area contributed by atoms with E-state index in [-0.39, 0.29) is 22.5 Å². The lowest BCUT2D eigenvalue weighted by Crippen LogP contribution is -2.29. The zero-order valence-electron chi connectivity index (χ0n) is 12.5. The molecule has 0 N–H and O–H groups in total. The Bertz CT molecular complexity index is 498. The molecular weight excluding hydrogens is 232 g/mol. The maximum Gasteiger partial charge on any atom is 0.166 e. The van der Waals surface area contributed by atoms with Gasteiger partial charge < -0.3 is 0 Å². The Balaban J connectivity index is 2.37. The summed E-state index contributed by atoms with van der Waals surface area (Å²) in [6.45, 7) is 12.9. The van der Waals surface area contributed by atoms with E-state index in [2.05, 4.69) is 34.3 Å². The molecule has 0 bridgehead atoms. The topological polar surface area (TPSA) is 17.1 Å². The van der Waals surface area contributed by atoms with E-state index >= 15 is 0 Å². The summed E-state index contributed by atoms with van der Waals surface area (Å²) in [7, 11) is 0. The van der Waals surface area contributed by atoms with Gasteiger partial charge in [-0.05, 0) is 30.6 Å². The molecule has 0 heterocycles. The van der Waals surface area contributed by atoms with E-state index in [0.29, 0.717) is 0 Å². The van der Waals surface area contributed by atoms with Gasteiger partial charge in [0.05, 0.1) is 0 Å². The van der Waals surface area contributed by atoms with Crippen molar-refractivity contribution in [2.75, 3.05) is 0 Å². The molecule has 1 aliphatic rings. The number of rotatable bonds is 3. The van der Waals surface area contributed by atoms with Crippen LogP contribution in [0.4, 0.5) is 0 Å². The van der Waals surface area contributed by atoms with Crippen LogP contribution < -0.4 is 0 Å². The van der Waals surface area contributed by atoms with Crippen LogP contribution in [-0.4, -0.2) is 5.78 Å². The number of ketones is 1. The Morgan fingerprint density at radius 3 is 2.32 bits per heavy atom. The standard InChI is InChI=1S/C18H24O/c1-13(2)18(5)12-17(3,4)11-15(18)16(19)14-9-7-6-8-10-14/h6-10,15H,1,11-12H2,2-5H3/t15-,18-/m1/s1. The van der Waals surface area contributed by atoms with Crippen molar-refractivity contribution in [1.82, 2.24) is 0 Å². The first kappa shape index (κ1) is 14.0. The minimum Gasteiger partial charge on any atom is -0.294 e. The molecule has 1 aromatic rings. The second-order valence-corrected chi connectivity index (χ2v) is 7.03. The van der Waals surface area contributed by atoms with Crippen LogP contribution in [-0.2, 0) is 0 Å². The van der Waals surface area contributed by atoms with Gasteiger partial charge in [-0.25, -0.2) is 0 Å². The zero-order chi connectivity index (χ0) is 14.3. The van der Waals surface area contributed by atoms with E-state index in [1.54, 1.807) is 0 Å². The van der Waals surface area contributed by atoms with E-state index in [4.69, 9.17) is 0 Å². The van der Waals surface area contributed by atoms with Crippen LogP contribution in [0.3, 0.4) is 0 Å². The van der Waals surface area contributed by atoms with Crippen LogP contribution in [0.5, 0.6) is 0 Å². The fraction of sp³-hybridized carbons (Fsp3) is 0.500. The summed E-state index contributed by atoms with van der Waals surface area (Å²) in [4.78, 5) is 12.8. The number of allylic oxidation sites excluding steroid dienone is 1. The second-order valence-electron chi connectivity index (χ2n) is 7.03. The van der Waals surface area contributed by atoms with Crippen molar-refractivity contribution in [1.29, 1.82) is 0 Å². The molecule has 2 atom stereocenters. The third-order valence-corrected chi connectivity index (χ3v) is 4.72. The van der Waals surface area contributed by atoms with Gasteiger partial charge in [0.1, 0.15) is 0 Å². The average molecular weight is 256 g/mol. The quantitative estimate of drug-likeness (QED) is 0.556. The molecule has 1 saturated carbocycles. The third kappa shape index (κ3) is 2.51. The van der Waals surface area contributed by atoms with Gasteiger partial charge in [0.25, 0.3) is 0 Å². The minimum atomic E-state index is -0.0730. The maximum absolute atomic E-state index is 12.8. The molecule has 1 nitrogen and oxygen atoms in total. The minimum absolute atomic E-state index is 0.0578. The number of carbonyl (C=O) groups excluding carboxylic acids is 1. The fourth-order valence-electron chi connectivity index (χ4n) is 3.60. The van der Waals surface area contributed by atoms with Gasteiger partial charge in [0, 0.05) is 11.5 Å². The molecule has 1 aromatic carbocycles. The summed E-state index contributed by atoms with van der Waals surface area (Å²) in [6, 6.07) is 9.67. The molecule has 2 rings (SSSR count). The van der Waals surface area contributed by atoms with Gasteiger partial charge >= 0.3 is 0 Å². The number of hydrogen-bond acceptors (Lipinski definition) is 1. The lowest BCUT2D eigenvalue weighted by molar-refractivity contribution is 0.0851. The zero-order valence-corrected chi connectivity index (χ0v) is 12.5. The van der Waals surface area contributed by atoms with Crippen LogP contribution in [0.15, 0.2) is 42.5 Å². The van der Waals surface area contributed by atoms with Gasteiger partial charge in [0.15, 0.2) is 5.78 Å². The lowest BCUT2D eigenvalue weighted by Gasteiger charge is -2.32. The van der Waals surface area contributed by atoms with Crippen LogP contribution in [0.25, 0.3) is 0 Å². The normalized spacial score (nSPS) is 29.2. The van der Waals surface area contributed by atoms with Crippen LogP contribution in [0.2, 0.25) is 0 Å². The van der Waals surface area contributed by atoms with E-state index in [9.17, 15) is 4.79 Å². The molecule has 0 aromatic heterocycles. The maximum atomic E-state index is 12.8. The SMILES string of the molecule is C=C(C)[C@@]1(C)CC(C)(C)C[C@@H]1C(=O)c1ccccc1. The molecule has 0 saturated heterocycles. The smallest absolute Gasteiger partial charge is 0.166 e. The van der Waals surface area contributed by atoms with Crippen LogP contribution in [0, 0.1) is 16.7 Å². The van der Waals surface area contributed by atoms with Crippen molar-refractivity contribution in [3.63, 3.8) is 0 Å². The Kier molecular flexibility index (Phi) is 3.42. The van der Waals surface area contributed by atoms with Crippen molar-refractivity contribution in [3.05, 3.63) is 48.0 Å². The highest BCUT2D eigenvalue weighted by Gasteiger charge is 2.51. The van der Waals surface area contributed by atoms with E-state index in [1.165, 1.54) is 0 Å². The van der Waals surface area contributed by atoms with Crippen molar-refractivity contribution in [2.24, 2.45) is 16.7 Å². The lowest BCUT2D eigenvalue weighted by atomic mass is 9.71. The summed E-state index contributed by atoms with van der Waals surface area (Å²) in [6.07, 6.45) is 1.99. The van der Waals surface area contributed by atoms with E-state index in [0.717, 1.165) is 24.0 Å². The molecule has 19 heavy (non-hydrogen) atoms. The summed E-state index contributed by atoms with van der Waals surface area (Å²) in [5.74, 6) is 0.332. The Morgan fingerprint density at radius 1 is 1.21 bits per heavy atom. The van der Waals surface area contributed by atoms with Crippen molar-refractivity contribution >= 4 is 5.78 Å². The number of benzene rings is 1. The van der Waals surface area contributed by atoms with Crippen molar-refractivity contribution < 1.29 is 4.79 Å². The monoisotopic (exact) mass is 256 g/mol. The highest BCUT2D eigenvalue weighted by molar-refractivity contribution is 5.98. The molecule has 1 aliphatic carbocycles. The number of hydrogen-bond donors (Lipinski definition) is 0. The third-order valence-electron chi connectivity index (χ3n) is 4.72. The van der Waals surface area contributed by atoms with Gasteiger partial charge in [-0.1, -0.05) is 63.3 Å². The Hall–Kier alpha value is -1.37. The largest absolute Gasteiger partial charge is 0.294 e. The van der Waals surface area contributed by atoms with Crippen molar-refractivity contribution in [3.8, 4) is 0 Å². The van der Waals surface area contributed by atoms with E-state index in [1.807, 2.05) is 30.3 Å². The molecule has 0 amide bonds. The first-order valence-electron chi connectivity index (χ1n) is 7.01. The van der Waals surface area contributed by atoms with Crippen LogP contribution >= 0.6 is 0 Å². The molecule has 0 radical (unpaired) electrons. The predicted octanol–water partition coefficient (Wildman–Crippen LogP) is 4.89. The van der Waals surface area contributed by atoms with Gasteiger partial charge in [0.2, 0.25) is 0 Å². The number of carbonyl (C=O) groups is 1. The number of Topliss-reactive ketones (excluding diaryl/α,β-unsaturated/α-hetero) is 1. The molecule has 1 fully saturated rings. The summed E-state index contributed by atoms with van der Waals surface area (Å²) in [5.41, 5.74) is 2.10. The average Bonchev–Trinajstić information content (AvgIpc) is 2.61. The summed E-state index contributed by atoms with van der Waals surface area (Å²) >= 11 is 0.